The zero-order valence-electron chi connectivity index (χ0n) is 11.2. The largest absolute Gasteiger partial charge is 0.322 e. The van der Waals surface area contributed by atoms with E-state index in [1.54, 1.807) is 24.3 Å². The van der Waals surface area contributed by atoms with Crippen molar-refractivity contribution in [2.45, 2.75) is 0 Å². The van der Waals surface area contributed by atoms with Crippen LogP contribution in [0.4, 0.5) is 17.1 Å². The van der Waals surface area contributed by atoms with Crippen LogP contribution in [0.2, 0.25) is 5.02 Å². The average Bonchev–Trinajstić information content (AvgIpc) is 2.46. The highest BCUT2D eigenvalue weighted by atomic mass is 125. The fourth-order valence-electron chi connectivity index (χ4n) is 1.79. The van der Waals surface area contributed by atoms with E-state index in [2.05, 4.69) is 5.32 Å². The quantitative estimate of drug-likeness (QED) is 0.434. The molecule has 0 aliphatic carbocycles. The minimum Gasteiger partial charge on any atom is -0.322 e. The molecule has 0 bridgehead atoms. The Morgan fingerprint density at radius 1 is 1.09 bits per heavy atom. The summed E-state index contributed by atoms with van der Waals surface area (Å²) in [7, 11) is 0. The molecule has 0 unspecified atom stereocenters. The van der Waals surface area contributed by atoms with Gasteiger partial charge in [0.15, 0.2) is 0 Å². The van der Waals surface area contributed by atoms with Crippen molar-refractivity contribution in [1.29, 1.82) is 0 Å². The molecule has 0 saturated heterocycles. The van der Waals surface area contributed by atoms with Gasteiger partial charge in [0.2, 0.25) is 0 Å². The Kier molecular flexibility index (Phi) is 5.11. The number of halogens is 2. The molecule has 2 rings (SSSR count). The summed E-state index contributed by atoms with van der Waals surface area (Å²) in [6, 6.07) is 8.37. The van der Waals surface area contributed by atoms with Gasteiger partial charge in [0.1, 0.15) is 10.6 Å². The number of anilines is 1. The summed E-state index contributed by atoms with van der Waals surface area (Å²) in [5.74, 6) is -0.782. The number of amides is 1. The van der Waals surface area contributed by atoms with E-state index >= 15 is 0 Å². The third-order valence-corrected chi connectivity index (χ3v) is 3.76. The van der Waals surface area contributed by atoms with Gasteiger partial charge in [-0.25, -0.2) is 0 Å². The molecular formula is C13H7ClIN3O5. The van der Waals surface area contributed by atoms with Gasteiger partial charge in [-0.2, -0.15) is 0 Å². The van der Waals surface area contributed by atoms with E-state index in [-0.39, 0.29) is 10.6 Å². The lowest BCUT2D eigenvalue weighted by molar-refractivity contribution is -0.394. The van der Waals surface area contributed by atoms with Crippen LogP contribution < -0.4 is 5.32 Å². The number of nitro benzene ring substituents is 2. The van der Waals surface area contributed by atoms with E-state index in [9.17, 15) is 25.0 Å². The molecule has 1 amide bonds. The van der Waals surface area contributed by atoms with Crippen molar-refractivity contribution >= 4 is 57.2 Å². The van der Waals surface area contributed by atoms with Gasteiger partial charge < -0.3 is 5.32 Å². The molecule has 2 aromatic carbocycles. The molecule has 23 heavy (non-hydrogen) atoms. The highest BCUT2D eigenvalue weighted by Crippen LogP contribution is 2.32. The van der Waals surface area contributed by atoms with Gasteiger partial charge in [0, 0.05) is 9.26 Å². The summed E-state index contributed by atoms with van der Waals surface area (Å²) in [6.07, 6.45) is 0. The van der Waals surface area contributed by atoms with Gasteiger partial charge >= 0.3 is 0 Å². The van der Waals surface area contributed by atoms with Crippen molar-refractivity contribution in [3.63, 3.8) is 0 Å². The Balaban J connectivity index is 2.45. The predicted octanol–water partition coefficient (Wildman–Crippen LogP) is 4.01. The van der Waals surface area contributed by atoms with Gasteiger partial charge in [0.05, 0.1) is 15.9 Å². The molecule has 118 valence electrons. The Morgan fingerprint density at radius 3 is 2.30 bits per heavy atom. The van der Waals surface area contributed by atoms with Crippen molar-refractivity contribution in [2.75, 3.05) is 5.32 Å². The Labute approximate surface area is 147 Å². The van der Waals surface area contributed by atoms with Gasteiger partial charge in [-0.3, -0.25) is 25.0 Å². The normalized spacial score (nSPS) is 10.2. The van der Waals surface area contributed by atoms with E-state index in [0.29, 0.717) is 11.8 Å². The summed E-state index contributed by atoms with van der Waals surface area (Å²) < 4.78 is 0.858. The highest BCUT2D eigenvalue weighted by Gasteiger charge is 2.27. The first kappa shape index (κ1) is 17.1. The molecule has 1 N–H and O–H groups in total. The van der Waals surface area contributed by atoms with Crippen LogP contribution in [-0.4, -0.2) is 15.8 Å². The van der Waals surface area contributed by atoms with Crippen LogP contribution in [0.1, 0.15) is 10.4 Å². The van der Waals surface area contributed by atoms with Crippen molar-refractivity contribution in [2.24, 2.45) is 0 Å². The summed E-state index contributed by atoms with van der Waals surface area (Å²) in [5.41, 5.74) is -1.25. The zero-order valence-corrected chi connectivity index (χ0v) is 14.1. The minimum absolute atomic E-state index is 0.353. The zero-order chi connectivity index (χ0) is 17.1. The molecule has 0 atom stereocenters. The standard InChI is InChI=1S/C13H7ClIN3O5/c14-10-5-9(11(17(20)21)6-12(10)18(22)23)13(19)16-8-3-1-2-7(15)4-8/h1-6H,(H,16,19)/i15-2. The second-order valence-corrected chi connectivity index (χ2v) is 5.95. The van der Waals surface area contributed by atoms with Crippen LogP contribution >= 0.6 is 34.2 Å². The third kappa shape index (κ3) is 3.93. The molecule has 0 aromatic heterocycles. The number of carbonyl (C=O) groups excluding carboxylic acids is 1. The summed E-state index contributed by atoms with van der Waals surface area (Å²) >= 11 is 7.77. The van der Waals surface area contributed by atoms with Gasteiger partial charge in [-0.05, 0) is 46.9 Å². The highest BCUT2D eigenvalue weighted by molar-refractivity contribution is 14.1. The molecule has 0 heterocycles. The maximum absolute atomic E-state index is 12.2. The molecule has 2 aromatic rings. The van der Waals surface area contributed by atoms with E-state index < -0.39 is 27.1 Å². The number of nitrogens with one attached hydrogen (secondary N) is 1. The monoisotopic (exact) mass is 445 g/mol. The Hall–Kier alpha value is -2.27. The molecule has 0 fully saturated rings. The molecule has 0 aliphatic heterocycles. The number of nitro groups is 2. The fourth-order valence-corrected chi connectivity index (χ4v) is 2.56. The molecule has 0 saturated carbocycles. The number of rotatable bonds is 4. The van der Waals surface area contributed by atoms with Crippen LogP contribution in [0.3, 0.4) is 0 Å². The first-order valence-corrected chi connectivity index (χ1v) is 7.44. The lowest BCUT2D eigenvalue weighted by Gasteiger charge is -2.07. The third-order valence-electron chi connectivity index (χ3n) is 2.79. The molecular weight excluding hydrogens is 439 g/mol. The maximum atomic E-state index is 12.2. The number of hydrogen-bond donors (Lipinski definition) is 1. The maximum Gasteiger partial charge on any atom is 0.294 e. The molecule has 10 heteroatoms. The van der Waals surface area contributed by atoms with Gasteiger partial charge in [-0.1, -0.05) is 17.7 Å². The van der Waals surface area contributed by atoms with Crippen molar-refractivity contribution in [3.05, 3.63) is 70.8 Å². The van der Waals surface area contributed by atoms with Crippen LogP contribution in [0.25, 0.3) is 0 Å². The number of nitrogens with zero attached hydrogens (tertiary/aromatic N) is 2. The van der Waals surface area contributed by atoms with Gasteiger partial charge in [0.25, 0.3) is 17.3 Å². The van der Waals surface area contributed by atoms with Crippen molar-refractivity contribution < 1.29 is 14.6 Å². The number of carbonyl (C=O) groups is 1. The molecule has 0 aliphatic rings. The lowest BCUT2D eigenvalue weighted by atomic mass is 10.1. The summed E-state index contributed by atoms with van der Waals surface area (Å²) in [4.78, 5) is 32.4. The number of hydrogen-bond acceptors (Lipinski definition) is 5. The summed E-state index contributed by atoms with van der Waals surface area (Å²) in [5, 5.41) is 24.0. The van der Waals surface area contributed by atoms with Crippen molar-refractivity contribution in [1.82, 2.24) is 0 Å². The van der Waals surface area contributed by atoms with Crippen LogP contribution in [0, 0.1) is 23.8 Å². The number of benzene rings is 2. The first-order valence-electron chi connectivity index (χ1n) is 5.99. The molecule has 8 nitrogen and oxygen atoms in total. The van der Waals surface area contributed by atoms with Crippen molar-refractivity contribution in [3.8, 4) is 0 Å². The Morgan fingerprint density at radius 2 is 1.74 bits per heavy atom. The lowest BCUT2D eigenvalue weighted by Crippen LogP contribution is -2.14. The SMILES string of the molecule is O=C(Nc1cccc([125I])c1)c1cc(Cl)c([N+](=O)[O-])cc1[N+](=O)[O-]. The minimum atomic E-state index is -0.868. The second-order valence-electron chi connectivity index (χ2n) is 4.30. The first-order chi connectivity index (χ1) is 10.8. The molecule has 0 radical (unpaired) electrons. The van der Waals surface area contributed by atoms with E-state index in [0.717, 1.165) is 9.64 Å². The van der Waals surface area contributed by atoms with E-state index in [1.165, 1.54) is 0 Å². The molecule has 0 spiro atoms. The van der Waals surface area contributed by atoms with Crippen LogP contribution in [-0.2, 0) is 0 Å². The second kappa shape index (κ2) is 6.87. The van der Waals surface area contributed by atoms with Gasteiger partial charge in [-0.15, -0.1) is 0 Å². The van der Waals surface area contributed by atoms with Crippen LogP contribution in [0.15, 0.2) is 36.4 Å². The predicted molar refractivity (Wildman–Crippen MR) is 91.9 cm³/mol. The van der Waals surface area contributed by atoms with Crippen LogP contribution in [0.5, 0.6) is 0 Å². The Bertz CT molecular complexity index is 827. The average molecular weight is 446 g/mol. The van der Waals surface area contributed by atoms with E-state index in [1.807, 2.05) is 22.6 Å². The smallest absolute Gasteiger partial charge is 0.294 e. The summed E-state index contributed by atoms with van der Waals surface area (Å²) in [6.45, 7) is 0. The fraction of sp³-hybridized carbons (Fsp3) is 0. The van der Waals surface area contributed by atoms with E-state index in [4.69, 9.17) is 11.6 Å². The topological polar surface area (TPSA) is 115 Å².